The predicted octanol–water partition coefficient (Wildman–Crippen LogP) is 2.68. The highest BCUT2D eigenvalue weighted by Gasteiger charge is 1.92. The normalized spacial score (nSPS) is 8.83. The van der Waals surface area contributed by atoms with Crippen molar-refractivity contribution < 1.29 is 4.74 Å². The molecule has 2 nitrogen and oxygen atoms in total. The van der Waals surface area contributed by atoms with Gasteiger partial charge in [0.2, 0.25) is 5.88 Å². The van der Waals surface area contributed by atoms with Crippen molar-refractivity contribution >= 4 is 0 Å². The van der Waals surface area contributed by atoms with Crippen LogP contribution < -0.4 is 4.74 Å². The Kier molecular flexibility index (Phi) is 5.09. The van der Waals surface area contributed by atoms with Gasteiger partial charge in [-0.2, -0.15) is 0 Å². The highest BCUT2D eigenvalue weighted by molar-refractivity contribution is 5.17. The Bertz CT molecular complexity index is 206. The average molecular weight is 167 g/mol. The topological polar surface area (TPSA) is 22.1 Å². The Morgan fingerprint density at radius 2 is 2.17 bits per heavy atom. The highest BCUT2D eigenvalue weighted by Crippen LogP contribution is 2.07. The summed E-state index contributed by atoms with van der Waals surface area (Å²) in [5, 5.41) is 0. The monoisotopic (exact) mass is 167 g/mol. The molecule has 0 aliphatic rings. The number of rotatable bonds is 3. The van der Waals surface area contributed by atoms with Crippen molar-refractivity contribution in [2.24, 2.45) is 0 Å². The number of aryl methyl sites for hydroxylation is 1. The van der Waals surface area contributed by atoms with E-state index in [0.717, 1.165) is 12.8 Å². The van der Waals surface area contributed by atoms with E-state index < -0.39 is 0 Å². The van der Waals surface area contributed by atoms with Crippen LogP contribution in [0, 0.1) is 0 Å². The second-order valence-electron chi connectivity index (χ2n) is 2.46. The van der Waals surface area contributed by atoms with E-state index >= 15 is 0 Å². The van der Waals surface area contributed by atoms with Crippen LogP contribution in [0.25, 0.3) is 0 Å². The number of hydrogen-bond donors (Lipinski definition) is 0. The van der Waals surface area contributed by atoms with Gasteiger partial charge < -0.3 is 4.74 Å². The summed E-state index contributed by atoms with van der Waals surface area (Å²) in [4.78, 5) is 4.09. The van der Waals surface area contributed by atoms with Gasteiger partial charge in [-0.3, -0.25) is 0 Å². The largest absolute Gasteiger partial charge is 0.481 e. The number of aromatic nitrogens is 1. The van der Waals surface area contributed by atoms with E-state index in [4.69, 9.17) is 4.74 Å². The first-order valence-electron chi connectivity index (χ1n) is 3.85. The number of hydrogen-bond acceptors (Lipinski definition) is 2. The molecule has 0 spiro atoms. The molecule has 0 atom stereocenters. The third-order valence-electron chi connectivity index (χ3n) is 1.55. The highest BCUT2D eigenvalue weighted by atomic mass is 16.5. The van der Waals surface area contributed by atoms with E-state index in [0.29, 0.717) is 5.88 Å². The van der Waals surface area contributed by atoms with Gasteiger partial charge in [-0.05, 0) is 12.0 Å². The van der Waals surface area contributed by atoms with Gasteiger partial charge >= 0.3 is 0 Å². The molecule has 0 aromatic carbocycles. The summed E-state index contributed by atoms with van der Waals surface area (Å²) in [5.74, 6) is 0.685. The molecule has 0 N–H and O–H groups in total. The molecular weight excluding hydrogens is 150 g/mol. The van der Waals surface area contributed by atoms with Crippen LogP contribution in [0.1, 0.15) is 26.3 Å². The number of ether oxygens (including phenoxy) is 1. The fraction of sp³-hybridized carbons (Fsp3) is 0.500. The minimum Gasteiger partial charge on any atom is -0.481 e. The molecule has 1 aromatic rings. The van der Waals surface area contributed by atoms with Crippen LogP contribution in [0.2, 0.25) is 0 Å². The van der Waals surface area contributed by atoms with E-state index in [2.05, 4.69) is 18.0 Å². The summed E-state index contributed by atoms with van der Waals surface area (Å²) in [7, 11) is 1.63. The lowest BCUT2D eigenvalue weighted by molar-refractivity contribution is 0.397. The second kappa shape index (κ2) is 5.58. The fourth-order valence-electron chi connectivity index (χ4n) is 0.968. The van der Waals surface area contributed by atoms with Crippen LogP contribution in [-0.2, 0) is 6.42 Å². The first-order chi connectivity index (χ1) is 5.36. The number of nitrogens with zero attached hydrogens (tertiary/aromatic N) is 1. The Morgan fingerprint density at radius 3 is 2.58 bits per heavy atom. The molecule has 0 unspecified atom stereocenters. The molecule has 68 valence electrons. The molecular formula is C10H17NO. The van der Waals surface area contributed by atoms with Crippen molar-refractivity contribution in [3.8, 4) is 5.88 Å². The summed E-state index contributed by atoms with van der Waals surface area (Å²) in [5.41, 5.74) is 1.27. The van der Waals surface area contributed by atoms with Gasteiger partial charge in [-0.15, -0.1) is 0 Å². The predicted molar refractivity (Wildman–Crippen MR) is 51.5 cm³/mol. The molecule has 0 saturated heterocycles. The third kappa shape index (κ3) is 2.91. The van der Waals surface area contributed by atoms with E-state index in [1.54, 1.807) is 7.11 Å². The third-order valence-corrected chi connectivity index (χ3v) is 1.55. The molecule has 1 rings (SSSR count). The van der Waals surface area contributed by atoms with Crippen molar-refractivity contribution in [2.75, 3.05) is 7.11 Å². The lowest BCUT2D eigenvalue weighted by Crippen LogP contribution is -1.89. The molecule has 1 heterocycles. The standard InChI is InChI=1S/C9H13NO.CH4/c1-3-4-8-5-6-9(11-2)10-7-8;/h5-7H,3-4H2,1-2H3;1H4. The molecule has 0 amide bonds. The van der Waals surface area contributed by atoms with Crippen molar-refractivity contribution in [3.63, 3.8) is 0 Å². The van der Waals surface area contributed by atoms with Crippen LogP contribution >= 0.6 is 0 Å². The van der Waals surface area contributed by atoms with Gasteiger partial charge in [0.1, 0.15) is 0 Å². The molecule has 0 radical (unpaired) electrons. The van der Waals surface area contributed by atoms with Crippen LogP contribution in [0.15, 0.2) is 18.3 Å². The quantitative estimate of drug-likeness (QED) is 0.690. The summed E-state index contributed by atoms with van der Waals surface area (Å²) in [6.45, 7) is 2.16. The van der Waals surface area contributed by atoms with Crippen molar-refractivity contribution in [2.45, 2.75) is 27.2 Å². The van der Waals surface area contributed by atoms with Gasteiger partial charge in [-0.25, -0.2) is 4.98 Å². The Hall–Kier alpha value is -1.05. The van der Waals surface area contributed by atoms with E-state index in [9.17, 15) is 0 Å². The maximum Gasteiger partial charge on any atom is 0.212 e. The zero-order valence-corrected chi connectivity index (χ0v) is 7.00. The molecule has 12 heavy (non-hydrogen) atoms. The van der Waals surface area contributed by atoms with Gasteiger partial charge in [0.15, 0.2) is 0 Å². The lowest BCUT2D eigenvalue weighted by atomic mass is 10.2. The Balaban J connectivity index is 0.00000121. The molecule has 0 aliphatic heterocycles. The molecule has 0 saturated carbocycles. The summed E-state index contributed by atoms with van der Waals surface area (Å²) in [6.07, 6.45) is 4.12. The van der Waals surface area contributed by atoms with Gasteiger partial charge in [-0.1, -0.05) is 26.8 Å². The van der Waals surface area contributed by atoms with E-state index in [1.165, 1.54) is 5.56 Å². The zero-order valence-electron chi connectivity index (χ0n) is 7.00. The molecule has 0 aliphatic carbocycles. The minimum absolute atomic E-state index is 0. The lowest BCUT2D eigenvalue weighted by Gasteiger charge is -1.99. The molecule has 1 aromatic heterocycles. The Morgan fingerprint density at radius 1 is 1.42 bits per heavy atom. The first kappa shape index (κ1) is 11.0. The maximum absolute atomic E-state index is 4.94. The smallest absolute Gasteiger partial charge is 0.212 e. The SMILES string of the molecule is C.CCCc1ccc(OC)nc1. The number of pyridine rings is 1. The average Bonchev–Trinajstić information content (AvgIpc) is 2.07. The maximum atomic E-state index is 4.94. The first-order valence-corrected chi connectivity index (χ1v) is 3.85. The van der Waals surface area contributed by atoms with Crippen LogP contribution in [0.3, 0.4) is 0 Å². The fourth-order valence-corrected chi connectivity index (χ4v) is 0.968. The molecule has 0 fully saturated rings. The van der Waals surface area contributed by atoms with Crippen molar-refractivity contribution in [1.29, 1.82) is 0 Å². The second-order valence-corrected chi connectivity index (χ2v) is 2.46. The van der Waals surface area contributed by atoms with Gasteiger partial charge in [0.25, 0.3) is 0 Å². The summed E-state index contributed by atoms with van der Waals surface area (Å²) < 4.78 is 4.94. The van der Waals surface area contributed by atoms with Crippen LogP contribution in [0.5, 0.6) is 5.88 Å². The van der Waals surface area contributed by atoms with Gasteiger partial charge in [0, 0.05) is 12.3 Å². The molecule has 0 bridgehead atoms. The van der Waals surface area contributed by atoms with Gasteiger partial charge in [0.05, 0.1) is 7.11 Å². The summed E-state index contributed by atoms with van der Waals surface area (Å²) >= 11 is 0. The summed E-state index contributed by atoms with van der Waals surface area (Å²) in [6, 6.07) is 3.94. The van der Waals surface area contributed by atoms with E-state index in [-0.39, 0.29) is 7.43 Å². The van der Waals surface area contributed by atoms with Crippen LogP contribution in [-0.4, -0.2) is 12.1 Å². The number of methoxy groups -OCH3 is 1. The van der Waals surface area contributed by atoms with Crippen molar-refractivity contribution in [1.82, 2.24) is 4.98 Å². The zero-order chi connectivity index (χ0) is 8.10. The van der Waals surface area contributed by atoms with E-state index in [1.807, 2.05) is 12.3 Å². The van der Waals surface area contributed by atoms with Crippen LogP contribution in [0.4, 0.5) is 0 Å². The minimum atomic E-state index is 0. The molecule has 2 heteroatoms. The van der Waals surface area contributed by atoms with Crippen molar-refractivity contribution in [3.05, 3.63) is 23.9 Å². The Labute approximate surface area is 74.6 Å².